The Hall–Kier alpha value is -3.34. The number of ether oxygens (including phenoxy) is 2. The molecule has 7 atom stereocenters. The van der Waals surface area contributed by atoms with Crippen LogP contribution in [0.1, 0.15) is 56.3 Å². The molecule has 11 nitrogen and oxygen atoms in total. The molecule has 3 heterocycles. The molecule has 5 fully saturated rings. The summed E-state index contributed by atoms with van der Waals surface area (Å²) in [6, 6.07) is 2.04. The number of carbonyl (C=O) groups is 4. The second-order valence-corrected chi connectivity index (χ2v) is 10.8. The number of hydrogen-bond acceptors (Lipinski definition) is 8. The molecule has 0 radical (unpaired) electrons. The summed E-state index contributed by atoms with van der Waals surface area (Å²) in [7, 11) is 0. The molecule has 2 aliphatic carbocycles. The van der Waals surface area contributed by atoms with Crippen LogP contribution < -0.4 is 5.32 Å². The van der Waals surface area contributed by atoms with Crippen molar-refractivity contribution in [2.45, 2.75) is 63.8 Å². The second kappa shape index (κ2) is 7.33. The van der Waals surface area contributed by atoms with Gasteiger partial charge in [0.15, 0.2) is 5.75 Å². The Bertz CT molecular complexity index is 1170. The van der Waals surface area contributed by atoms with E-state index in [-0.39, 0.29) is 24.9 Å². The van der Waals surface area contributed by atoms with Crippen molar-refractivity contribution in [3.8, 4) is 11.5 Å². The third-order valence-corrected chi connectivity index (χ3v) is 8.75. The minimum absolute atomic E-state index is 0.0247. The number of carboxylic acids is 2. The smallest absolute Gasteiger partial charge is 0.345 e. The van der Waals surface area contributed by atoms with Crippen molar-refractivity contribution < 1.29 is 49.1 Å². The maximum atomic E-state index is 13.1. The maximum Gasteiger partial charge on any atom is 0.345 e. The molecule has 6 rings (SSSR count). The zero-order chi connectivity index (χ0) is 25.5. The summed E-state index contributed by atoms with van der Waals surface area (Å²) in [5.74, 6) is -5.50. The van der Waals surface area contributed by atoms with Gasteiger partial charge >= 0.3 is 17.9 Å². The number of carboxylic acid groups (broad SMARTS) is 2. The SMILES string of the molecule is C[C@]1(CCC(=O)Nc2c(O)ccc(C(=O)O)c2O)[C@@H]2[C@@H]3C[C@@H]4C[C@]2(C[C@]4(C)O3)C(=O)O[C@H]1C(=O)O. The Morgan fingerprint density at radius 1 is 1.17 bits per heavy atom. The van der Waals surface area contributed by atoms with Crippen molar-refractivity contribution >= 4 is 29.5 Å². The van der Waals surface area contributed by atoms with Gasteiger partial charge in [0.2, 0.25) is 12.0 Å². The highest BCUT2D eigenvalue weighted by molar-refractivity contribution is 5.99. The number of phenolic OH excluding ortho intramolecular Hbond substituents is 1. The van der Waals surface area contributed by atoms with Crippen LogP contribution >= 0.6 is 0 Å². The number of anilines is 1. The molecule has 0 unspecified atom stereocenters. The average Bonchev–Trinajstić information content (AvgIpc) is 3.13. The fourth-order valence-electron chi connectivity index (χ4n) is 7.38. The lowest BCUT2D eigenvalue weighted by Gasteiger charge is -2.58. The molecule has 188 valence electrons. The molecule has 5 aliphatic rings. The lowest BCUT2D eigenvalue weighted by atomic mass is 9.51. The molecule has 5 N–H and O–H groups in total. The molecule has 3 aliphatic heterocycles. The van der Waals surface area contributed by atoms with Gasteiger partial charge in [-0.1, -0.05) is 6.92 Å². The van der Waals surface area contributed by atoms with Crippen LogP contribution in [0.15, 0.2) is 12.1 Å². The van der Waals surface area contributed by atoms with E-state index in [2.05, 4.69) is 5.32 Å². The van der Waals surface area contributed by atoms with Crippen molar-refractivity contribution in [3.05, 3.63) is 17.7 Å². The van der Waals surface area contributed by atoms with Gasteiger partial charge in [0.05, 0.1) is 17.1 Å². The molecule has 1 aromatic rings. The lowest BCUT2D eigenvalue weighted by molar-refractivity contribution is -0.246. The largest absolute Gasteiger partial charge is 0.506 e. The van der Waals surface area contributed by atoms with E-state index in [4.69, 9.17) is 14.6 Å². The normalized spacial score (nSPS) is 38.6. The first-order chi connectivity index (χ1) is 16.3. The van der Waals surface area contributed by atoms with Crippen molar-refractivity contribution in [1.82, 2.24) is 0 Å². The van der Waals surface area contributed by atoms with E-state index in [1.165, 1.54) is 0 Å². The molecular weight excluding hydrogens is 462 g/mol. The van der Waals surface area contributed by atoms with E-state index in [0.29, 0.717) is 19.3 Å². The summed E-state index contributed by atoms with van der Waals surface area (Å²) >= 11 is 0. The van der Waals surface area contributed by atoms with E-state index in [1.54, 1.807) is 6.92 Å². The predicted octanol–water partition coefficient (Wildman–Crippen LogP) is 2.10. The highest BCUT2D eigenvalue weighted by Gasteiger charge is 2.77. The quantitative estimate of drug-likeness (QED) is 0.293. The van der Waals surface area contributed by atoms with E-state index < -0.39 is 75.0 Å². The molecule has 35 heavy (non-hydrogen) atoms. The zero-order valence-electron chi connectivity index (χ0n) is 19.2. The topological polar surface area (TPSA) is 180 Å². The van der Waals surface area contributed by atoms with Crippen molar-refractivity contribution in [1.29, 1.82) is 0 Å². The van der Waals surface area contributed by atoms with Crippen LogP contribution in [0.3, 0.4) is 0 Å². The minimum Gasteiger partial charge on any atom is -0.506 e. The molecule has 4 bridgehead atoms. The van der Waals surface area contributed by atoms with Gasteiger partial charge in [-0.2, -0.15) is 0 Å². The predicted molar refractivity (Wildman–Crippen MR) is 117 cm³/mol. The number of cyclic esters (lactones) is 1. The van der Waals surface area contributed by atoms with Crippen molar-refractivity contribution in [3.63, 3.8) is 0 Å². The van der Waals surface area contributed by atoms with Gasteiger partial charge in [-0.25, -0.2) is 9.59 Å². The molecule has 11 heteroatoms. The molecule has 2 saturated carbocycles. The molecule has 1 spiro atoms. The highest BCUT2D eigenvalue weighted by atomic mass is 16.6. The minimum atomic E-state index is -1.47. The number of esters is 1. The standard InChI is InChI=1S/C24H27NO10/c1-22(6-5-14(27)25-15-12(26)4-3-11(16(15)28)19(29)30)17-13-7-10-8-24(17,9-23(10,2)35-13)21(33)34-18(22)20(31)32/h3-4,10,13,17-18,26,28H,5-9H2,1-2H3,(H,25,27)(H,29,30)(H,31,32)/t10-,13+,17+,18+,22+,23+,24-/m1/s1. The van der Waals surface area contributed by atoms with Crippen molar-refractivity contribution in [2.75, 3.05) is 5.32 Å². The van der Waals surface area contributed by atoms with E-state index in [0.717, 1.165) is 12.1 Å². The van der Waals surface area contributed by atoms with E-state index in [1.807, 2.05) is 6.92 Å². The summed E-state index contributed by atoms with van der Waals surface area (Å²) in [6.45, 7) is 3.68. The van der Waals surface area contributed by atoms with Gasteiger partial charge in [0.25, 0.3) is 0 Å². The van der Waals surface area contributed by atoms with Crippen LogP contribution in [0.2, 0.25) is 0 Å². The summed E-state index contributed by atoms with van der Waals surface area (Å²) < 4.78 is 11.8. The summed E-state index contributed by atoms with van der Waals surface area (Å²) in [6.07, 6.45) is -0.276. The van der Waals surface area contributed by atoms with Gasteiger partial charge in [0, 0.05) is 17.8 Å². The number of aliphatic carboxylic acids is 1. The summed E-state index contributed by atoms with van der Waals surface area (Å²) in [5.41, 5.74) is -3.37. The highest BCUT2D eigenvalue weighted by Crippen LogP contribution is 2.72. The van der Waals surface area contributed by atoms with Gasteiger partial charge in [-0.05, 0) is 50.7 Å². The number of rotatable bonds is 6. The van der Waals surface area contributed by atoms with Gasteiger partial charge in [-0.15, -0.1) is 0 Å². The Morgan fingerprint density at radius 2 is 1.89 bits per heavy atom. The Balaban J connectivity index is 1.41. The fraction of sp³-hybridized carbons (Fsp3) is 0.583. The third-order valence-electron chi connectivity index (χ3n) is 8.75. The molecule has 1 amide bonds. The first-order valence-corrected chi connectivity index (χ1v) is 11.5. The number of aromatic carboxylic acids is 1. The number of benzene rings is 1. The number of hydrogen-bond donors (Lipinski definition) is 5. The lowest BCUT2D eigenvalue weighted by Crippen LogP contribution is -2.66. The number of nitrogens with one attached hydrogen (secondary N) is 1. The number of amides is 1. The Kier molecular flexibility index (Phi) is 4.90. The van der Waals surface area contributed by atoms with Gasteiger partial charge in [0.1, 0.15) is 17.0 Å². The third kappa shape index (κ3) is 3.13. The summed E-state index contributed by atoms with van der Waals surface area (Å²) in [5, 5.41) is 41.6. The zero-order valence-corrected chi connectivity index (χ0v) is 19.2. The van der Waals surface area contributed by atoms with Crippen LogP contribution in [-0.4, -0.2) is 62.1 Å². The number of aromatic hydroxyl groups is 2. The van der Waals surface area contributed by atoms with Crippen LogP contribution in [-0.2, 0) is 23.9 Å². The molecular formula is C24H27NO10. The first kappa shape index (κ1) is 23.4. The van der Waals surface area contributed by atoms with Crippen LogP contribution in [0.5, 0.6) is 11.5 Å². The van der Waals surface area contributed by atoms with E-state index in [9.17, 15) is 34.5 Å². The first-order valence-electron chi connectivity index (χ1n) is 11.5. The number of carbonyl (C=O) groups excluding carboxylic acids is 2. The molecule has 1 aromatic carbocycles. The van der Waals surface area contributed by atoms with Gasteiger partial charge < -0.3 is 35.2 Å². The monoisotopic (exact) mass is 489 g/mol. The fourth-order valence-corrected chi connectivity index (χ4v) is 7.38. The second-order valence-electron chi connectivity index (χ2n) is 10.8. The van der Waals surface area contributed by atoms with Crippen LogP contribution in [0.4, 0.5) is 5.69 Å². The average molecular weight is 489 g/mol. The van der Waals surface area contributed by atoms with E-state index >= 15 is 0 Å². The van der Waals surface area contributed by atoms with Crippen LogP contribution in [0.25, 0.3) is 0 Å². The molecule has 3 saturated heterocycles. The Labute approximate surface area is 200 Å². The summed E-state index contributed by atoms with van der Waals surface area (Å²) in [4.78, 5) is 49.4. The van der Waals surface area contributed by atoms with Gasteiger partial charge in [-0.3, -0.25) is 9.59 Å². The Morgan fingerprint density at radius 3 is 2.51 bits per heavy atom. The number of phenols is 2. The maximum absolute atomic E-state index is 13.1. The van der Waals surface area contributed by atoms with Crippen LogP contribution in [0, 0.1) is 22.7 Å². The molecule has 0 aromatic heterocycles. The van der Waals surface area contributed by atoms with Crippen molar-refractivity contribution in [2.24, 2.45) is 22.7 Å².